The molecule has 0 bridgehead atoms. The Hall–Kier alpha value is -3.18. The summed E-state index contributed by atoms with van der Waals surface area (Å²) in [5.74, 6) is -3.09. The van der Waals surface area contributed by atoms with E-state index in [1.807, 2.05) is 0 Å². The largest absolute Gasteiger partial charge is 0.481 e. The standard InChI is InChI=1S/2C7H12O4.C5H8O4/c2*1-10-6(8)4-3-5-7(9)11-2;6-4(7)2-1-3-5(8)9/h2*3-5H2,1-2H3;1-3H2,(H,6,7)(H,8,9). The van der Waals surface area contributed by atoms with Gasteiger partial charge in [-0.1, -0.05) is 0 Å². The predicted molar refractivity (Wildman–Crippen MR) is 105 cm³/mol. The average molecular weight is 452 g/mol. The smallest absolute Gasteiger partial charge is 0.305 e. The Balaban J connectivity index is -0.000000382. The van der Waals surface area contributed by atoms with E-state index in [2.05, 4.69) is 18.9 Å². The van der Waals surface area contributed by atoms with Crippen LogP contribution in [-0.4, -0.2) is 74.5 Å². The third-order valence-electron chi connectivity index (χ3n) is 3.22. The summed E-state index contributed by atoms with van der Waals surface area (Å²) in [5.41, 5.74) is 0. The van der Waals surface area contributed by atoms with E-state index >= 15 is 0 Å². The Bertz CT molecular complexity index is 476. The van der Waals surface area contributed by atoms with Crippen LogP contribution in [0.25, 0.3) is 0 Å². The number of aliphatic carboxylic acids is 2. The molecule has 0 heterocycles. The third-order valence-corrected chi connectivity index (χ3v) is 3.22. The SMILES string of the molecule is COC(=O)CCCC(=O)OC.COC(=O)CCCC(=O)OC.O=C(O)CCCC(=O)O. The molecular formula is C19H32O12. The first-order chi connectivity index (χ1) is 14.5. The van der Waals surface area contributed by atoms with Gasteiger partial charge in [-0.05, 0) is 19.3 Å². The van der Waals surface area contributed by atoms with E-state index in [9.17, 15) is 28.8 Å². The Kier molecular flexibility index (Phi) is 24.2. The number of esters is 4. The summed E-state index contributed by atoms with van der Waals surface area (Å²) in [5, 5.41) is 16.1. The van der Waals surface area contributed by atoms with Crippen LogP contribution in [0, 0.1) is 0 Å². The van der Waals surface area contributed by atoms with Gasteiger partial charge in [-0.3, -0.25) is 28.8 Å². The van der Waals surface area contributed by atoms with Crippen molar-refractivity contribution in [3.63, 3.8) is 0 Å². The molecule has 0 rings (SSSR count). The van der Waals surface area contributed by atoms with E-state index in [4.69, 9.17) is 10.2 Å². The summed E-state index contributed by atoms with van der Waals surface area (Å²) < 4.78 is 17.5. The van der Waals surface area contributed by atoms with E-state index < -0.39 is 11.9 Å². The third kappa shape index (κ3) is 31.7. The Morgan fingerprint density at radius 3 is 0.806 bits per heavy atom. The van der Waals surface area contributed by atoms with E-state index in [0.29, 0.717) is 12.8 Å². The first kappa shape index (κ1) is 32.5. The molecule has 12 nitrogen and oxygen atoms in total. The summed E-state index contributed by atoms with van der Waals surface area (Å²) in [4.78, 5) is 61.6. The fourth-order valence-corrected chi connectivity index (χ4v) is 1.55. The average Bonchev–Trinajstić information content (AvgIpc) is 2.73. The number of methoxy groups -OCH3 is 4. The minimum Gasteiger partial charge on any atom is -0.481 e. The van der Waals surface area contributed by atoms with E-state index in [1.54, 1.807) is 0 Å². The van der Waals surface area contributed by atoms with E-state index in [-0.39, 0.29) is 68.8 Å². The number of carboxylic acids is 2. The van der Waals surface area contributed by atoms with Crippen LogP contribution in [0.2, 0.25) is 0 Å². The van der Waals surface area contributed by atoms with Crippen LogP contribution >= 0.6 is 0 Å². The van der Waals surface area contributed by atoms with Gasteiger partial charge in [0.05, 0.1) is 28.4 Å². The number of carbonyl (C=O) groups excluding carboxylic acids is 4. The Morgan fingerprint density at radius 2 is 0.645 bits per heavy atom. The van der Waals surface area contributed by atoms with Gasteiger partial charge in [0.2, 0.25) is 0 Å². The molecule has 0 saturated carbocycles. The lowest BCUT2D eigenvalue weighted by Gasteiger charge is -1.97. The molecule has 0 aromatic carbocycles. The van der Waals surface area contributed by atoms with Crippen LogP contribution in [0.3, 0.4) is 0 Å². The molecule has 0 spiro atoms. The quantitative estimate of drug-likeness (QED) is 0.321. The Labute approximate surface area is 180 Å². The molecule has 180 valence electrons. The second-order valence-corrected chi connectivity index (χ2v) is 5.65. The number of hydrogen-bond donors (Lipinski definition) is 2. The topological polar surface area (TPSA) is 180 Å². The van der Waals surface area contributed by atoms with Gasteiger partial charge >= 0.3 is 35.8 Å². The van der Waals surface area contributed by atoms with Gasteiger partial charge in [0.1, 0.15) is 0 Å². The van der Waals surface area contributed by atoms with Gasteiger partial charge < -0.3 is 29.2 Å². The van der Waals surface area contributed by atoms with Crippen molar-refractivity contribution >= 4 is 35.8 Å². The maximum Gasteiger partial charge on any atom is 0.305 e. The van der Waals surface area contributed by atoms with Crippen molar-refractivity contribution in [3.8, 4) is 0 Å². The second-order valence-electron chi connectivity index (χ2n) is 5.65. The van der Waals surface area contributed by atoms with Crippen LogP contribution in [0.15, 0.2) is 0 Å². The zero-order valence-electron chi connectivity index (χ0n) is 18.3. The number of hydrogen-bond acceptors (Lipinski definition) is 10. The van der Waals surface area contributed by atoms with Crippen molar-refractivity contribution in [1.29, 1.82) is 0 Å². The molecule has 0 aliphatic carbocycles. The van der Waals surface area contributed by atoms with Gasteiger partial charge in [-0.15, -0.1) is 0 Å². The summed E-state index contributed by atoms with van der Waals surface area (Å²) in [6.45, 7) is 0. The maximum absolute atomic E-state index is 10.5. The molecule has 0 aliphatic heterocycles. The predicted octanol–water partition coefficient (Wildman–Crippen LogP) is 1.33. The van der Waals surface area contributed by atoms with Crippen molar-refractivity contribution in [3.05, 3.63) is 0 Å². The second kappa shape index (κ2) is 23.1. The molecule has 31 heavy (non-hydrogen) atoms. The highest BCUT2D eigenvalue weighted by Gasteiger charge is 2.04. The van der Waals surface area contributed by atoms with Gasteiger partial charge in [0.15, 0.2) is 0 Å². The summed E-state index contributed by atoms with van der Waals surface area (Å²) in [6, 6.07) is 0. The van der Waals surface area contributed by atoms with E-state index in [0.717, 1.165) is 0 Å². The van der Waals surface area contributed by atoms with Crippen molar-refractivity contribution in [1.82, 2.24) is 0 Å². The van der Waals surface area contributed by atoms with Gasteiger partial charge in [-0.2, -0.15) is 0 Å². The zero-order chi connectivity index (χ0) is 24.7. The fourth-order valence-electron chi connectivity index (χ4n) is 1.55. The zero-order valence-corrected chi connectivity index (χ0v) is 18.3. The summed E-state index contributed by atoms with van der Waals surface area (Å²) in [7, 11) is 5.28. The highest BCUT2D eigenvalue weighted by molar-refractivity contribution is 5.73. The number of carbonyl (C=O) groups is 6. The van der Waals surface area contributed by atoms with Crippen LogP contribution in [0.5, 0.6) is 0 Å². The molecule has 0 aromatic heterocycles. The van der Waals surface area contributed by atoms with Crippen LogP contribution in [-0.2, 0) is 47.7 Å². The molecule has 2 N–H and O–H groups in total. The molecular weight excluding hydrogens is 420 g/mol. The lowest BCUT2D eigenvalue weighted by atomic mass is 10.2. The normalized spacial score (nSPS) is 8.90. The van der Waals surface area contributed by atoms with Crippen molar-refractivity contribution in [2.45, 2.75) is 57.8 Å². The maximum atomic E-state index is 10.5. The van der Waals surface area contributed by atoms with Crippen LogP contribution in [0.4, 0.5) is 0 Å². The van der Waals surface area contributed by atoms with Crippen molar-refractivity contribution in [2.24, 2.45) is 0 Å². The number of ether oxygens (including phenoxy) is 4. The first-order valence-corrected chi connectivity index (χ1v) is 9.24. The van der Waals surface area contributed by atoms with Gasteiger partial charge in [0.25, 0.3) is 0 Å². The highest BCUT2D eigenvalue weighted by atomic mass is 16.5. The van der Waals surface area contributed by atoms with Crippen molar-refractivity contribution in [2.75, 3.05) is 28.4 Å². The number of rotatable bonds is 12. The Morgan fingerprint density at radius 1 is 0.452 bits per heavy atom. The molecule has 0 atom stereocenters. The number of carboxylic acid groups (broad SMARTS) is 2. The van der Waals surface area contributed by atoms with Crippen LogP contribution < -0.4 is 0 Å². The molecule has 0 fully saturated rings. The molecule has 0 unspecified atom stereocenters. The van der Waals surface area contributed by atoms with Crippen molar-refractivity contribution < 1.29 is 57.9 Å². The molecule has 0 amide bonds. The lowest BCUT2D eigenvalue weighted by Crippen LogP contribution is -2.04. The monoisotopic (exact) mass is 452 g/mol. The summed E-state index contributed by atoms with van der Waals surface area (Å²) >= 11 is 0. The lowest BCUT2D eigenvalue weighted by molar-refractivity contribution is -0.144. The molecule has 0 aliphatic rings. The molecule has 0 saturated heterocycles. The minimum absolute atomic E-state index is 0.0632. The van der Waals surface area contributed by atoms with E-state index in [1.165, 1.54) is 28.4 Å². The highest BCUT2D eigenvalue weighted by Crippen LogP contribution is 1.98. The summed E-state index contributed by atoms with van der Waals surface area (Å²) in [6.07, 6.45) is 2.14. The minimum atomic E-state index is -0.948. The molecule has 0 radical (unpaired) electrons. The van der Waals surface area contributed by atoms with Gasteiger partial charge in [0, 0.05) is 38.5 Å². The van der Waals surface area contributed by atoms with Gasteiger partial charge in [-0.25, -0.2) is 0 Å². The molecule has 0 aromatic rings. The van der Waals surface area contributed by atoms with Crippen LogP contribution in [0.1, 0.15) is 57.8 Å². The first-order valence-electron chi connectivity index (χ1n) is 9.24. The fraction of sp³-hybridized carbons (Fsp3) is 0.684. The molecule has 12 heteroatoms.